The summed E-state index contributed by atoms with van der Waals surface area (Å²) < 4.78 is 19.5. The maximum atomic E-state index is 14.2. The van der Waals surface area contributed by atoms with Gasteiger partial charge in [0.2, 0.25) is 5.95 Å². The first-order valence-corrected chi connectivity index (χ1v) is 9.37. The molecule has 1 heterocycles. The molecule has 30 heavy (non-hydrogen) atoms. The number of aromatic amines is 1. The molecule has 0 fully saturated rings. The second kappa shape index (κ2) is 10.1. The molecule has 2 aromatic carbocycles. The van der Waals surface area contributed by atoms with Gasteiger partial charge in [-0.2, -0.15) is 10.4 Å². The van der Waals surface area contributed by atoms with Crippen LogP contribution in [0.5, 0.6) is 0 Å². The summed E-state index contributed by atoms with van der Waals surface area (Å²) in [6.07, 6.45) is 2.27. The van der Waals surface area contributed by atoms with Gasteiger partial charge in [0.1, 0.15) is 17.4 Å². The first kappa shape index (κ1) is 20.9. The van der Waals surface area contributed by atoms with Gasteiger partial charge < -0.3 is 4.74 Å². The number of aromatic nitrogens is 2. The van der Waals surface area contributed by atoms with Gasteiger partial charge in [-0.3, -0.25) is 9.78 Å². The second-order valence-electron chi connectivity index (χ2n) is 6.39. The molecule has 0 aliphatic carbocycles. The predicted octanol–water partition coefficient (Wildman–Crippen LogP) is 3.82. The van der Waals surface area contributed by atoms with Crippen molar-refractivity contribution in [2.75, 3.05) is 12.0 Å². The van der Waals surface area contributed by atoms with Gasteiger partial charge in [0.15, 0.2) is 0 Å². The van der Waals surface area contributed by atoms with Crippen LogP contribution in [-0.4, -0.2) is 22.8 Å². The molecule has 0 amide bonds. The number of nitrogens with zero attached hydrogens (tertiary/aromatic N) is 3. The smallest absolute Gasteiger partial charge is 0.270 e. The van der Waals surface area contributed by atoms with Crippen molar-refractivity contribution in [1.82, 2.24) is 9.97 Å². The normalized spacial score (nSPS) is 10.8. The number of hydrogen-bond acceptors (Lipinski definition) is 6. The number of ether oxygens (including phenoxy) is 1. The molecule has 152 valence electrons. The van der Waals surface area contributed by atoms with Crippen LogP contribution in [0.15, 0.2) is 58.4 Å². The number of halogens is 1. The van der Waals surface area contributed by atoms with Gasteiger partial charge in [0, 0.05) is 17.7 Å². The highest BCUT2D eigenvalue weighted by Crippen LogP contribution is 2.19. The van der Waals surface area contributed by atoms with Crippen LogP contribution in [0.25, 0.3) is 11.3 Å². The summed E-state index contributed by atoms with van der Waals surface area (Å²) in [5, 5.41) is 13.3. The van der Waals surface area contributed by atoms with Crippen LogP contribution in [0, 0.1) is 17.1 Å². The lowest BCUT2D eigenvalue weighted by Gasteiger charge is -2.06. The molecule has 0 aliphatic heterocycles. The SMILES string of the molecule is CCCOCc1ccc(C=NNc2nc(-c3ccccc3)c(C#N)c(=O)[nH]2)cc1F. The Morgan fingerprint density at radius 2 is 2.10 bits per heavy atom. The van der Waals surface area contributed by atoms with Crippen LogP contribution in [-0.2, 0) is 11.3 Å². The minimum Gasteiger partial charge on any atom is -0.377 e. The summed E-state index contributed by atoms with van der Waals surface area (Å²) in [6, 6.07) is 15.5. The molecular formula is C22H20FN5O2. The molecule has 0 radical (unpaired) electrons. The van der Waals surface area contributed by atoms with Crippen LogP contribution in [0.4, 0.5) is 10.3 Å². The first-order chi connectivity index (χ1) is 14.6. The van der Waals surface area contributed by atoms with Crippen molar-refractivity contribution in [2.24, 2.45) is 5.10 Å². The van der Waals surface area contributed by atoms with E-state index in [1.807, 2.05) is 19.1 Å². The number of hydrazone groups is 1. The zero-order chi connectivity index (χ0) is 21.3. The van der Waals surface area contributed by atoms with Gasteiger partial charge in [-0.25, -0.2) is 14.8 Å². The molecule has 7 nitrogen and oxygen atoms in total. The van der Waals surface area contributed by atoms with Crippen LogP contribution in [0.1, 0.15) is 30.0 Å². The number of rotatable bonds is 8. The van der Waals surface area contributed by atoms with Crippen molar-refractivity contribution in [2.45, 2.75) is 20.0 Å². The molecule has 3 rings (SSSR count). The number of hydrogen-bond donors (Lipinski definition) is 2. The fraction of sp³-hybridized carbons (Fsp3) is 0.182. The third-order valence-corrected chi connectivity index (χ3v) is 4.15. The maximum Gasteiger partial charge on any atom is 0.270 e. The van der Waals surface area contributed by atoms with Gasteiger partial charge in [-0.05, 0) is 18.1 Å². The van der Waals surface area contributed by atoms with Gasteiger partial charge in [-0.1, -0.05) is 49.4 Å². The Hall–Kier alpha value is -3.83. The summed E-state index contributed by atoms with van der Waals surface area (Å²) in [7, 11) is 0. The highest BCUT2D eigenvalue weighted by molar-refractivity contribution is 5.80. The molecule has 2 N–H and O–H groups in total. The molecule has 0 aliphatic rings. The first-order valence-electron chi connectivity index (χ1n) is 9.37. The van der Waals surface area contributed by atoms with E-state index in [9.17, 15) is 14.4 Å². The van der Waals surface area contributed by atoms with E-state index in [1.165, 1.54) is 12.3 Å². The Morgan fingerprint density at radius 3 is 2.80 bits per heavy atom. The molecule has 0 bridgehead atoms. The summed E-state index contributed by atoms with van der Waals surface area (Å²) in [4.78, 5) is 19.0. The van der Waals surface area contributed by atoms with E-state index in [-0.39, 0.29) is 29.6 Å². The fourth-order valence-corrected chi connectivity index (χ4v) is 2.69. The van der Waals surface area contributed by atoms with Gasteiger partial charge in [0.05, 0.1) is 18.5 Å². The Balaban J connectivity index is 1.77. The van der Waals surface area contributed by atoms with E-state index < -0.39 is 5.56 Å². The number of benzene rings is 2. The topological polar surface area (TPSA) is 103 Å². The van der Waals surface area contributed by atoms with Crippen molar-refractivity contribution in [3.8, 4) is 17.3 Å². The Bertz CT molecular complexity index is 1140. The largest absolute Gasteiger partial charge is 0.377 e. The number of anilines is 1. The van der Waals surface area contributed by atoms with Crippen LogP contribution in [0.2, 0.25) is 0 Å². The standard InChI is InChI=1S/C22H20FN5O2/c1-2-10-30-14-17-9-8-15(11-19(17)23)13-25-28-22-26-20(16-6-4-3-5-7-16)18(12-24)21(29)27-22/h3-9,11,13H,2,10,14H2,1H3,(H2,26,27,28,29). The summed E-state index contributed by atoms with van der Waals surface area (Å²) in [6.45, 7) is 2.78. The third kappa shape index (κ3) is 5.16. The van der Waals surface area contributed by atoms with Gasteiger partial charge in [0.25, 0.3) is 5.56 Å². The Labute approximate surface area is 172 Å². The van der Waals surface area contributed by atoms with E-state index in [0.29, 0.717) is 23.3 Å². The van der Waals surface area contributed by atoms with Crippen molar-refractivity contribution in [3.05, 3.63) is 81.4 Å². The quantitative estimate of drug-likeness (QED) is 0.337. The van der Waals surface area contributed by atoms with Crippen molar-refractivity contribution >= 4 is 12.2 Å². The van der Waals surface area contributed by atoms with Gasteiger partial charge in [-0.15, -0.1) is 0 Å². The van der Waals surface area contributed by atoms with E-state index >= 15 is 0 Å². The lowest BCUT2D eigenvalue weighted by molar-refractivity contribution is 0.119. The van der Waals surface area contributed by atoms with E-state index in [2.05, 4.69) is 20.5 Å². The second-order valence-corrected chi connectivity index (χ2v) is 6.39. The fourth-order valence-electron chi connectivity index (χ4n) is 2.69. The van der Waals surface area contributed by atoms with E-state index in [1.54, 1.807) is 36.4 Å². The van der Waals surface area contributed by atoms with Crippen LogP contribution >= 0.6 is 0 Å². The summed E-state index contributed by atoms with van der Waals surface area (Å²) in [5.74, 6) is -0.314. The molecule has 0 saturated heterocycles. The third-order valence-electron chi connectivity index (χ3n) is 4.15. The molecule has 1 aromatic heterocycles. The monoisotopic (exact) mass is 405 g/mol. The zero-order valence-corrected chi connectivity index (χ0v) is 16.4. The number of H-pyrrole nitrogens is 1. The summed E-state index contributed by atoms with van der Waals surface area (Å²) >= 11 is 0. The molecular weight excluding hydrogens is 385 g/mol. The average Bonchev–Trinajstić information content (AvgIpc) is 2.75. The minimum absolute atomic E-state index is 0.0687. The predicted molar refractivity (Wildman–Crippen MR) is 113 cm³/mol. The van der Waals surface area contributed by atoms with E-state index in [4.69, 9.17) is 4.74 Å². The van der Waals surface area contributed by atoms with Crippen LogP contribution in [0.3, 0.4) is 0 Å². The lowest BCUT2D eigenvalue weighted by atomic mass is 10.1. The van der Waals surface area contributed by atoms with Crippen molar-refractivity contribution < 1.29 is 9.13 Å². The highest BCUT2D eigenvalue weighted by atomic mass is 19.1. The average molecular weight is 405 g/mol. The summed E-state index contributed by atoms with van der Waals surface area (Å²) in [5.41, 5.74) is 3.84. The highest BCUT2D eigenvalue weighted by Gasteiger charge is 2.12. The Morgan fingerprint density at radius 1 is 1.30 bits per heavy atom. The van der Waals surface area contributed by atoms with Crippen molar-refractivity contribution in [1.29, 1.82) is 5.26 Å². The number of nitriles is 1. The zero-order valence-electron chi connectivity index (χ0n) is 16.4. The van der Waals surface area contributed by atoms with Gasteiger partial charge >= 0.3 is 0 Å². The molecule has 0 spiro atoms. The molecule has 0 saturated carbocycles. The lowest BCUT2D eigenvalue weighted by Crippen LogP contribution is -2.16. The van der Waals surface area contributed by atoms with Crippen LogP contribution < -0.4 is 11.0 Å². The van der Waals surface area contributed by atoms with E-state index in [0.717, 1.165) is 6.42 Å². The number of nitrogens with one attached hydrogen (secondary N) is 2. The van der Waals surface area contributed by atoms with Crippen molar-refractivity contribution in [3.63, 3.8) is 0 Å². The molecule has 3 aromatic rings. The minimum atomic E-state index is -0.577. The maximum absolute atomic E-state index is 14.2. The Kier molecular flexibility index (Phi) is 7.03. The molecule has 8 heteroatoms. The molecule has 0 atom stereocenters. The molecule has 0 unspecified atom stereocenters.